The molecule has 19 heavy (non-hydrogen) atoms. The van der Waals surface area contributed by atoms with Crippen LogP contribution in [-0.4, -0.2) is 40.4 Å². The van der Waals surface area contributed by atoms with E-state index in [9.17, 15) is 15.3 Å². The summed E-state index contributed by atoms with van der Waals surface area (Å²) in [5.41, 5.74) is 2.13. The maximum absolute atomic E-state index is 10.6. The molecule has 1 heterocycles. The van der Waals surface area contributed by atoms with E-state index < -0.39 is 12.4 Å². The fraction of sp³-hybridized carbons (Fsp3) is 0.867. The zero-order chi connectivity index (χ0) is 13.9. The van der Waals surface area contributed by atoms with Crippen LogP contribution in [-0.2, 0) is 4.74 Å². The Labute approximate surface area is 114 Å². The van der Waals surface area contributed by atoms with Crippen LogP contribution in [0.1, 0.15) is 33.6 Å². The molecule has 4 nitrogen and oxygen atoms in total. The summed E-state index contributed by atoms with van der Waals surface area (Å²) in [7, 11) is 0. The molecule has 0 aromatic carbocycles. The fourth-order valence-corrected chi connectivity index (χ4v) is 4.32. The topological polar surface area (TPSA) is 69.9 Å². The normalized spacial score (nSPS) is 48.9. The molecule has 1 aliphatic heterocycles. The van der Waals surface area contributed by atoms with E-state index in [0.29, 0.717) is 13.0 Å². The minimum atomic E-state index is -0.899. The quantitative estimate of drug-likeness (QED) is 0.574. The monoisotopic (exact) mass is 268 g/mol. The number of ether oxygens (including phenoxy) is 1. The van der Waals surface area contributed by atoms with Crippen LogP contribution in [0.3, 0.4) is 0 Å². The Balaban J connectivity index is 2.09. The van der Waals surface area contributed by atoms with Gasteiger partial charge >= 0.3 is 0 Å². The van der Waals surface area contributed by atoms with Gasteiger partial charge in [-0.2, -0.15) is 0 Å². The first-order valence-corrected chi connectivity index (χ1v) is 7.20. The van der Waals surface area contributed by atoms with Gasteiger partial charge < -0.3 is 20.1 Å². The minimum absolute atomic E-state index is 0.0959. The smallest absolute Gasteiger partial charge is 0.164 e. The van der Waals surface area contributed by atoms with Gasteiger partial charge in [-0.3, -0.25) is 0 Å². The van der Waals surface area contributed by atoms with Gasteiger partial charge in [0, 0.05) is 5.92 Å². The summed E-state index contributed by atoms with van der Waals surface area (Å²) in [6.45, 7) is 6.66. The van der Waals surface area contributed by atoms with Crippen molar-refractivity contribution < 1.29 is 20.1 Å². The fourth-order valence-electron chi connectivity index (χ4n) is 4.32. The van der Waals surface area contributed by atoms with Crippen LogP contribution >= 0.6 is 0 Å². The van der Waals surface area contributed by atoms with Crippen LogP contribution in [0.25, 0.3) is 0 Å². The molecule has 0 aromatic rings. The Bertz CT molecular complexity index is 414. The van der Waals surface area contributed by atoms with Gasteiger partial charge in [-0.25, -0.2) is 0 Å². The highest BCUT2D eigenvalue weighted by atomic mass is 16.6. The lowest BCUT2D eigenvalue weighted by Crippen LogP contribution is -2.33. The third-order valence-corrected chi connectivity index (χ3v) is 5.36. The van der Waals surface area contributed by atoms with Crippen molar-refractivity contribution in [3.8, 4) is 0 Å². The lowest BCUT2D eigenvalue weighted by molar-refractivity contribution is -0.107. The summed E-state index contributed by atoms with van der Waals surface area (Å²) >= 11 is 0. The molecular weight excluding hydrogens is 244 g/mol. The summed E-state index contributed by atoms with van der Waals surface area (Å²) in [5, 5.41) is 30.9. The Morgan fingerprint density at radius 1 is 1.11 bits per heavy atom. The zero-order valence-electron chi connectivity index (χ0n) is 11.8. The van der Waals surface area contributed by atoms with Gasteiger partial charge in [-0.05, 0) is 29.7 Å². The average Bonchev–Trinajstić information content (AvgIpc) is 2.75. The van der Waals surface area contributed by atoms with Gasteiger partial charge in [0.25, 0.3) is 0 Å². The van der Waals surface area contributed by atoms with Crippen LogP contribution in [0.4, 0.5) is 0 Å². The molecule has 2 aliphatic carbocycles. The Kier molecular flexibility index (Phi) is 3.06. The van der Waals surface area contributed by atoms with Crippen LogP contribution in [0.5, 0.6) is 0 Å². The molecule has 1 saturated carbocycles. The molecule has 3 aliphatic rings. The van der Waals surface area contributed by atoms with E-state index in [4.69, 9.17) is 4.74 Å². The number of aliphatic hydroxyl groups is 3. The summed E-state index contributed by atoms with van der Waals surface area (Å²) in [6, 6.07) is 0. The first-order valence-electron chi connectivity index (χ1n) is 7.20. The number of aliphatic hydroxyl groups excluding tert-OH is 3. The summed E-state index contributed by atoms with van der Waals surface area (Å²) in [5.74, 6) is 0.0224. The predicted octanol–water partition coefficient (Wildman–Crippen LogP) is 1.06. The van der Waals surface area contributed by atoms with Crippen LogP contribution in [0, 0.1) is 23.2 Å². The van der Waals surface area contributed by atoms with E-state index in [0.717, 1.165) is 12.0 Å². The number of fused-ring (bicyclic) bond motifs is 2. The maximum atomic E-state index is 10.6. The highest BCUT2D eigenvalue weighted by molar-refractivity contribution is 5.32. The van der Waals surface area contributed by atoms with Crippen molar-refractivity contribution in [2.75, 3.05) is 6.61 Å². The summed E-state index contributed by atoms with van der Waals surface area (Å²) in [6.07, 6.45) is -0.415. The lowest BCUT2D eigenvalue weighted by Gasteiger charge is -2.29. The molecule has 3 rings (SSSR count). The second-order valence-corrected chi connectivity index (χ2v) is 7.19. The number of hydrogen-bond acceptors (Lipinski definition) is 4. The molecule has 0 bridgehead atoms. The number of rotatable bonds is 0. The van der Waals surface area contributed by atoms with E-state index in [1.54, 1.807) is 0 Å². The van der Waals surface area contributed by atoms with E-state index in [1.165, 1.54) is 5.57 Å². The van der Waals surface area contributed by atoms with E-state index in [1.807, 2.05) is 0 Å². The van der Waals surface area contributed by atoms with E-state index >= 15 is 0 Å². The van der Waals surface area contributed by atoms with Crippen molar-refractivity contribution in [3.63, 3.8) is 0 Å². The maximum Gasteiger partial charge on any atom is 0.164 e. The van der Waals surface area contributed by atoms with Crippen molar-refractivity contribution in [2.45, 2.75) is 52.1 Å². The minimum Gasteiger partial charge on any atom is -0.392 e. The number of hydrogen-bond donors (Lipinski definition) is 3. The zero-order valence-corrected chi connectivity index (χ0v) is 11.8. The third kappa shape index (κ3) is 1.88. The predicted molar refractivity (Wildman–Crippen MR) is 70.2 cm³/mol. The molecule has 3 N–H and O–H groups in total. The van der Waals surface area contributed by atoms with Crippen molar-refractivity contribution in [2.24, 2.45) is 23.2 Å². The van der Waals surface area contributed by atoms with Gasteiger partial charge in [0.05, 0.1) is 24.7 Å². The largest absolute Gasteiger partial charge is 0.392 e. The van der Waals surface area contributed by atoms with Crippen molar-refractivity contribution >= 4 is 0 Å². The second-order valence-electron chi connectivity index (χ2n) is 7.19. The SMILES string of the molecule is CC1CC(O)C2C(=C3CC(C)(C)C(O)C31)COC2O. The van der Waals surface area contributed by atoms with Crippen molar-refractivity contribution in [1.29, 1.82) is 0 Å². The molecule has 0 aromatic heterocycles. The van der Waals surface area contributed by atoms with Crippen LogP contribution in [0.15, 0.2) is 11.1 Å². The van der Waals surface area contributed by atoms with Crippen LogP contribution < -0.4 is 0 Å². The summed E-state index contributed by atoms with van der Waals surface area (Å²) in [4.78, 5) is 0. The molecular formula is C15H24O4. The van der Waals surface area contributed by atoms with Gasteiger partial charge in [0.15, 0.2) is 6.29 Å². The second kappa shape index (κ2) is 4.29. The molecule has 6 unspecified atom stereocenters. The van der Waals surface area contributed by atoms with E-state index in [2.05, 4.69) is 20.8 Å². The van der Waals surface area contributed by atoms with Crippen molar-refractivity contribution in [3.05, 3.63) is 11.1 Å². The van der Waals surface area contributed by atoms with Gasteiger partial charge in [-0.15, -0.1) is 0 Å². The molecule has 0 spiro atoms. The Hall–Kier alpha value is -0.420. The summed E-state index contributed by atoms with van der Waals surface area (Å²) < 4.78 is 5.33. The lowest BCUT2D eigenvalue weighted by atomic mass is 9.81. The standard InChI is InChI=1S/C15H24O4/c1-7-4-10(16)12-9(6-19-14(12)18)8-5-15(2,3)13(17)11(7)8/h7,10-14,16-18H,4-6H2,1-3H3. The Morgan fingerprint density at radius 3 is 2.47 bits per heavy atom. The molecule has 0 radical (unpaired) electrons. The molecule has 6 atom stereocenters. The highest BCUT2D eigenvalue weighted by Crippen LogP contribution is 2.54. The third-order valence-electron chi connectivity index (χ3n) is 5.36. The molecule has 108 valence electrons. The molecule has 4 heteroatoms. The van der Waals surface area contributed by atoms with Crippen molar-refractivity contribution in [1.82, 2.24) is 0 Å². The molecule has 0 amide bonds. The molecule has 2 fully saturated rings. The highest BCUT2D eigenvalue weighted by Gasteiger charge is 2.52. The Morgan fingerprint density at radius 2 is 1.79 bits per heavy atom. The van der Waals surface area contributed by atoms with E-state index in [-0.39, 0.29) is 29.3 Å². The first kappa shape index (κ1) is 13.6. The molecule has 1 saturated heterocycles. The first-order chi connectivity index (χ1) is 8.83. The van der Waals surface area contributed by atoms with Gasteiger partial charge in [-0.1, -0.05) is 26.3 Å². The average molecular weight is 268 g/mol. The van der Waals surface area contributed by atoms with Crippen LogP contribution in [0.2, 0.25) is 0 Å². The van der Waals surface area contributed by atoms with Gasteiger partial charge in [0.2, 0.25) is 0 Å². The van der Waals surface area contributed by atoms with Gasteiger partial charge in [0.1, 0.15) is 0 Å².